The molecule has 0 aliphatic carbocycles. The molecular formula is C12H16BrF3N2O2S. The lowest BCUT2D eigenvalue weighted by molar-refractivity contribution is -0.153. The summed E-state index contributed by atoms with van der Waals surface area (Å²) < 4.78 is 54.2. The molecule has 0 aliphatic heterocycles. The Kier molecular flexibility index (Phi) is 5.44. The van der Waals surface area contributed by atoms with Crippen LogP contribution in [0.15, 0.2) is 21.5 Å². The summed E-state index contributed by atoms with van der Waals surface area (Å²) in [5, 5.41) is 0. The van der Waals surface area contributed by atoms with Crippen molar-refractivity contribution in [2.45, 2.75) is 37.7 Å². The maximum absolute atomic E-state index is 13.2. The summed E-state index contributed by atoms with van der Waals surface area (Å²) in [5.41, 5.74) is -0.867. The van der Waals surface area contributed by atoms with E-state index in [1.54, 1.807) is 20.8 Å². The maximum Gasteiger partial charge on any atom is 0.408 e. The molecule has 0 amide bonds. The van der Waals surface area contributed by atoms with Crippen molar-refractivity contribution >= 4 is 26.9 Å². The van der Waals surface area contributed by atoms with Gasteiger partial charge < -0.3 is 4.57 Å². The number of pyridine rings is 1. The molecule has 0 aliphatic rings. The molecule has 120 valence electrons. The van der Waals surface area contributed by atoms with Gasteiger partial charge >= 0.3 is 6.18 Å². The normalized spacial score (nSPS) is 15.8. The molecule has 1 N–H and O–H groups in total. The van der Waals surface area contributed by atoms with E-state index >= 15 is 0 Å². The summed E-state index contributed by atoms with van der Waals surface area (Å²) >= 11 is 3.02. The number of rotatable bonds is 3. The van der Waals surface area contributed by atoms with Crippen LogP contribution in [-0.2, 0) is 18.0 Å². The summed E-state index contributed by atoms with van der Waals surface area (Å²) in [6.45, 7) is 4.67. The van der Waals surface area contributed by atoms with Crippen molar-refractivity contribution in [1.29, 1.82) is 0 Å². The summed E-state index contributed by atoms with van der Waals surface area (Å²) in [4.78, 5) is 11.6. The Morgan fingerprint density at radius 1 is 1.33 bits per heavy atom. The second-order valence-corrected chi connectivity index (χ2v) is 8.35. The van der Waals surface area contributed by atoms with Gasteiger partial charge in [-0.05, 0) is 36.7 Å². The first-order valence-electron chi connectivity index (χ1n) is 5.95. The molecule has 1 heterocycles. The molecule has 0 aromatic carbocycles. The van der Waals surface area contributed by atoms with Crippen LogP contribution in [0, 0.1) is 0 Å². The third-order valence-electron chi connectivity index (χ3n) is 2.63. The van der Waals surface area contributed by atoms with E-state index in [9.17, 15) is 22.2 Å². The zero-order chi connectivity index (χ0) is 16.6. The fourth-order valence-electron chi connectivity index (χ4n) is 1.42. The lowest BCUT2D eigenvalue weighted by atomic mass is 10.1. The lowest BCUT2D eigenvalue weighted by Crippen LogP contribution is -2.42. The van der Waals surface area contributed by atoms with Gasteiger partial charge in [-0.2, -0.15) is 13.2 Å². The van der Waals surface area contributed by atoms with E-state index < -0.39 is 33.5 Å². The van der Waals surface area contributed by atoms with Gasteiger partial charge in [-0.1, -0.05) is 0 Å². The van der Waals surface area contributed by atoms with Crippen LogP contribution < -0.4 is 10.3 Å². The summed E-state index contributed by atoms with van der Waals surface area (Å²) in [7, 11) is -0.504. The van der Waals surface area contributed by atoms with Gasteiger partial charge in [0.05, 0.1) is 15.7 Å². The highest BCUT2D eigenvalue weighted by molar-refractivity contribution is 9.10. The molecule has 2 atom stereocenters. The van der Waals surface area contributed by atoms with Crippen LogP contribution in [-0.4, -0.2) is 19.7 Å². The minimum Gasteiger partial charge on any atom is -0.317 e. The highest BCUT2D eigenvalue weighted by Gasteiger charge is 2.44. The van der Waals surface area contributed by atoms with Crippen molar-refractivity contribution in [3.05, 3.63) is 32.7 Å². The second-order valence-electron chi connectivity index (χ2n) is 5.50. The number of nitrogens with zero attached hydrogens (tertiary/aromatic N) is 1. The number of aromatic nitrogens is 1. The number of hydrogen-bond donors (Lipinski definition) is 1. The minimum atomic E-state index is -4.68. The van der Waals surface area contributed by atoms with Crippen molar-refractivity contribution in [3.8, 4) is 0 Å². The average Bonchev–Trinajstić information content (AvgIpc) is 2.28. The van der Waals surface area contributed by atoms with Gasteiger partial charge in [0.25, 0.3) is 5.56 Å². The fraction of sp³-hybridized carbons (Fsp3) is 0.583. The Morgan fingerprint density at radius 2 is 1.86 bits per heavy atom. The van der Waals surface area contributed by atoms with Crippen LogP contribution in [0.4, 0.5) is 13.2 Å². The topological polar surface area (TPSA) is 51.1 Å². The minimum absolute atomic E-state index is 0.116. The Morgan fingerprint density at radius 3 is 2.29 bits per heavy atom. The molecule has 0 saturated heterocycles. The van der Waals surface area contributed by atoms with E-state index in [1.807, 2.05) is 0 Å². The summed E-state index contributed by atoms with van der Waals surface area (Å²) in [6, 6.07) is -1.31. The Hall–Kier alpha value is -0.670. The van der Waals surface area contributed by atoms with Gasteiger partial charge in [0.1, 0.15) is 6.04 Å². The highest BCUT2D eigenvalue weighted by Crippen LogP contribution is 2.36. The van der Waals surface area contributed by atoms with Gasteiger partial charge in [0, 0.05) is 29.3 Å². The molecule has 0 saturated carbocycles. The van der Waals surface area contributed by atoms with Crippen molar-refractivity contribution in [2.75, 3.05) is 0 Å². The molecular weight excluding hydrogens is 373 g/mol. The molecule has 1 aromatic heterocycles. The first-order chi connectivity index (χ1) is 9.34. The number of alkyl halides is 3. The smallest absolute Gasteiger partial charge is 0.317 e. The average molecular weight is 389 g/mol. The molecule has 0 radical (unpaired) electrons. The molecule has 0 unspecified atom stereocenters. The third-order valence-corrected chi connectivity index (χ3v) is 4.85. The molecule has 21 heavy (non-hydrogen) atoms. The van der Waals surface area contributed by atoms with Crippen LogP contribution in [0.5, 0.6) is 0 Å². The Bertz CT molecular complexity index is 608. The second kappa shape index (κ2) is 6.21. The van der Waals surface area contributed by atoms with E-state index in [0.29, 0.717) is 0 Å². The zero-order valence-corrected chi connectivity index (χ0v) is 14.3. The summed E-state index contributed by atoms with van der Waals surface area (Å²) in [6.07, 6.45) is -3.44. The molecule has 0 fully saturated rings. The predicted molar refractivity (Wildman–Crippen MR) is 79.2 cm³/mol. The first kappa shape index (κ1) is 18.4. The van der Waals surface area contributed by atoms with E-state index in [0.717, 1.165) is 10.6 Å². The standard InChI is InChI=1S/C12H16BrF3N2O2S/c1-11(2,3)21(20)17-10(12(14,15)16)7-5-9(19)18(4)6-8(7)13/h5-6,10,17H,1-4H3/t10-,21+/m1/s1. The first-order valence-corrected chi connectivity index (χ1v) is 7.89. The summed E-state index contributed by atoms with van der Waals surface area (Å²) in [5.74, 6) is 0. The molecule has 9 heteroatoms. The third kappa shape index (κ3) is 4.65. The fourth-order valence-corrected chi connectivity index (χ4v) is 2.90. The van der Waals surface area contributed by atoms with Gasteiger partial charge in [-0.25, -0.2) is 8.93 Å². The van der Waals surface area contributed by atoms with Crippen molar-refractivity contribution in [1.82, 2.24) is 9.29 Å². The SMILES string of the molecule is Cn1cc(Br)c([C@@H](N[S@@](=O)C(C)(C)C)C(F)(F)F)cc1=O. The van der Waals surface area contributed by atoms with Crippen LogP contribution in [0.1, 0.15) is 32.4 Å². The molecule has 4 nitrogen and oxygen atoms in total. The van der Waals surface area contributed by atoms with Crippen LogP contribution >= 0.6 is 15.9 Å². The van der Waals surface area contributed by atoms with E-state index in [4.69, 9.17) is 0 Å². The van der Waals surface area contributed by atoms with Crippen molar-refractivity contribution in [3.63, 3.8) is 0 Å². The largest absolute Gasteiger partial charge is 0.408 e. The molecule has 1 rings (SSSR count). The number of aryl methyl sites for hydroxylation is 1. The predicted octanol–water partition coefficient (Wildman–Crippen LogP) is 2.80. The van der Waals surface area contributed by atoms with Gasteiger partial charge in [0.2, 0.25) is 0 Å². The van der Waals surface area contributed by atoms with E-state index in [1.165, 1.54) is 13.2 Å². The van der Waals surface area contributed by atoms with Crippen LogP contribution in [0.3, 0.4) is 0 Å². The van der Waals surface area contributed by atoms with Gasteiger partial charge in [-0.3, -0.25) is 4.79 Å². The highest BCUT2D eigenvalue weighted by atomic mass is 79.9. The zero-order valence-electron chi connectivity index (χ0n) is 11.9. The molecule has 0 spiro atoms. The maximum atomic E-state index is 13.2. The van der Waals surface area contributed by atoms with Crippen LogP contribution in [0.25, 0.3) is 0 Å². The van der Waals surface area contributed by atoms with Gasteiger partial charge in [-0.15, -0.1) is 0 Å². The van der Waals surface area contributed by atoms with E-state index in [2.05, 4.69) is 20.7 Å². The monoisotopic (exact) mass is 388 g/mol. The van der Waals surface area contributed by atoms with Gasteiger partial charge in [0.15, 0.2) is 0 Å². The Labute approximate surface area is 131 Å². The van der Waals surface area contributed by atoms with Crippen LogP contribution in [0.2, 0.25) is 0 Å². The van der Waals surface area contributed by atoms with Crippen molar-refractivity contribution in [2.24, 2.45) is 7.05 Å². The van der Waals surface area contributed by atoms with Crippen molar-refractivity contribution < 1.29 is 17.4 Å². The van der Waals surface area contributed by atoms with E-state index in [-0.39, 0.29) is 10.0 Å². The Balaban J connectivity index is 3.32. The number of nitrogens with one attached hydrogen (secondary N) is 1. The molecule has 1 aromatic rings. The number of halogens is 4. The number of hydrogen-bond acceptors (Lipinski definition) is 2. The lowest BCUT2D eigenvalue weighted by Gasteiger charge is -2.26. The molecule has 0 bridgehead atoms. The quantitative estimate of drug-likeness (QED) is 0.865.